The SMILES string of the molecule is CCc1c(NCC(NC(=O)OCc2ccccc2)C(=O)O)ncnc1N1CCC(c2ncccc2CN)CC1. The summed E-state index contributed by atoms with van der Waals surface area (Å²) in [6, 6.07) is 11.9. The molecular weight excluding hydrogens is 498 g/mol. The molecule has 0 aliphatic carbocycles. The number of carbonyl (C=O) groups excluding carboxylic acids is 1. The number of amides is 1. The van der Waals surface area contributed by atoms with Gasteiger partial charge in [-0.2, -0.15) is 0 Å². The highest BCUT2D eigenvalue weighted by Crippen LogP contribution is 2.33. The molecule has 1 unspecified atom stereocenters. The van der Waals surface area contributed by atoms with Crippen LogP contribution < -0.4 is 21.3 Å². The molecule has 4 rings (SSSR count). The summed E-state index contributed by atoms with van der Waals surface area (Å²) in [6.45, 7) is 4.08. The van der Waals surface area contributed by atoms with E-state index in [4.69, 9.17) is 10.5 Å². The Hall–Kier alpha value is -4.25. The zero-order chi connectivity index (χ0) is 27.6. The molecule has 0 saturated carbocycles. The van der Waals surface area contributed by atoms with Crippen LogP contribution >= 0.6 is 0 Å². The minimum Gasteiger partial charge on any atom is -0.480 e. The molecule has 1 atom stereocenters. The number of alkyl carbamates (subject to hydrolysis) is 1. The van der Waals surface area contributed by atoms with Gasteiger partial charge in [0, 0.05) is 49.6 Å². The third-order valence-electron chi connectivity index (χ3n) is 6.88. The molecule has 3 heterocycles. The quantitative estimate of drug-likeness (QED) is 0.289. The molecule has 11 heteroatoms. The van der Waals surface area contributed by atoms with Crippen LogP contribution in [0.15, 0.2) is 55.0 Å². The molecule has 1 amide bonds. The number of hydrogen-bond donors (Lipinski definition) is 4. The first kappa shape index (κ1) is 27.8. The molecule has 11 nitrogen and oxygen atoms in total. The molecule has 1 fully saturated rings. The molecule has 5 N–H and O–H groups in total. The van der Waals surface area contributed by atoms with E-state index in [-0.39, 0.29) is 13.2 Å². The second kappa shape index (κ2) is 13.5. The third-order valence-corrected chi connectivity index (χ3v) is 6.88. The standard InChI is InChI=1S/C28H35N7O4/c1-2-22-25(31-16-23(27(36)37)34-28(38)39-17-19-7-4-3-5-8-19)32-18-33-26(22)35-13-10-20(11-14-35)24-21(15-29)9-6-12-30-24/h3-9,12,18,20,23H,2,10-11,13-17,29H2,1H3,(H,34,38)(H,36,37)(H,31,32,33). The van der Waals surface area contributed by atoms with Crippen molar-refractivity contribution in [3.63, 3.8) is 0 Å². The van der Waals surface area contributed by atoms with Gasteiger partial charge in [0.15, 0.2) is 0 Å². The van der Waals surface area contributed by atoms with E-state index in [1.165, 1.54) is 6.33 Å². The maximum absolute atomic E-state index is 12.2. The number of carbonyl (C=O) groups is 2. The number of benzene rings is 1. The number of aliphatic carboxylic acids is 1. The number of nitrogens with one attached hydrogen (secondary N) is 2. The average Bonchev–Trinajstić information content (AvgIpc) is 2.98. The lowest BCUT2D eigenvalue weighted by atomic mass is 9.90. The van der Waals surface area contributed by atoms with Crippen molar-refractivity contribution in [2.24, 2.45) is 5.73 Å². The summed E-state index contributed by atoms with van der Waals surface area (Å²) in [5.41, 5.74) is 9.79. The fourth-order valence-electron chi connectivity index (χ4n) is 4.82. The average molecular weight is 534 g/mol. The number of anilines is 2. The summed E-state index contributed by atoms with van der Waals surface area (Å²) < 4.78 is 5.17. The van der Waals surface area contributed by atoms with E-state index in [0.717, 1.165) is 54.1 Å². The molecule has 39 heavy (non-hydrogen) atoms. The number of carboxylic acids is 1. The van der Waals surface area contributed by atoms with Gasteiger partial charge in [0.1, 0.15) is 30.6 Å². The lowest BCUT2D eigenvalue weighted by molar-refractivity contribution is -0.139. The minimum absolute atomic E-state index is 0.0479. The molecule has 0 radical (unpaired) electrons. The number of carboxylic acid groups (broad SMARTS) is 1. The lowest BCUT2D eigenvalue weighted by Crippen LogP contribution is -2.45. The van der Waals surface area contributed by atoms with E-state index in [0.29, 0.717) is 24.7 Å². The van der Waals surface area contributed by atoms with Crippen molar-refractivity contribution in [1.82, 2.24) is 20.3 Å². The molecule has 0 bridgehead atoms. The Morgan fingerprint density at radius 2 is 1.90 bits per heavy atom. The zero-order valence-corrected chi connectivity index (χ0v) is 22.0. The van der Waals surface area contributed by atoms with Crippen molar-refractivity contribution in [2.75, 3.05) is 29.9 Å². The molecule has 2 aromatic heterocycles. The highest BCUT2D eigenvalue weighted by Gasteiger charge is 2.27. The van der Waals surface area contributed by atoms with E-state index in [1.54, 1.807) is 0 Å². The number of pyridine rings is 1. The Labute approximate surface area is 227 Å². The topological polar surface area (TPSA) is 156 Å². The van der Waals surface area contributed by atoms with Crippen LogP contribution in [0.4, 0.5) is 16.4 Å². The normalized spacial score (nSPS) is 14.5. The summed E-state index contributed by atoms with van der Waals surface area (Å²) in [5, 5.41) is 15.2. The van der Waals surface area contributed by atoms with Crippen molar-refractivity contribution in [1.29, 1.82) is 0 Å². The molecule has 1 aromatic carbocycles. The number of nitrogens with zero attached hydrogens (tertiary/aromatic N) is 4. The Kier molecular flexibility index (Phi) is 9.63. The van der Waals surface area contributed by atoms with Gasteiger partial charge < -0.3 is 31.1 Å². The van der Waals surface area contributed by atoms with Crippen molar-refractivity contribution < 1.29 is 19.4 Å². The van der Waals surface area contributed by atoms with Gasteiger partial charge in [0.25, 0.3) is 0 Å². The molecular formula is C28H35N7O4. The van der Waals surface area contributed by atoms with Gasteiger partial charge in [-0.1, -0.05) is 43.3 Å². The van der Waals surface area contributed by atoms with Gasteiger partial charge in [-0.25, -0.2) is 19.6 Å². The molecule has 1 aliphatic rings. The van der Waals surface area contributed by atoms with Crippen LogP contribution in [0, 0.1) is 0 Å². The van der Waals surface area contributed by atoms with E-state index in [2.05, 4.69) is 30.5 Å². The Bertz CT molecular complexity index is 1250. The van der Waals surface area contributed by atoms with E-state index >= 15 is 0 Å². The van der Waals surface area contributed by atoms with Crippen LogP contribution in [0.25, 0.3) is 0 Å². The first-order valence-electron chi connectivity index (χ1n) is 13.2. The van der Waals surface area contributed by atoms with Crippen LogP contribution in [-0.2, 0) is 29.1 Å². The van der Waals surface area contributed by atoms with Crippen LogP contribution in [0.5, 0.6) is 0 Å². The number of rotatable bonds is 11. The smallest absolute Gasteiger partial charge is 0.408 e. The summed E-state index contributed by atoms with van der Waals surface area (Å²) in [6.07, 6.45) is 5.00. The maximum Gasteiger partial charge on any atom is 0.408 e. The van der Waals surface area contributed by atoms with E-state index < -0.39 is 18.1 Å². The van der Waals surface area contributed by atoms with Crippen LogP contribution in [0.2, 0.25) is 0 Å². The number of piperidine rings is 1. The largest absolute Gasteiger partial charge is 0.480 e. The van der Waals surface area contributed by atoms with E-state index in [9.17, 15) is 14.7 Å². The first-order chi connectivity index (χ1) is 19.0. The van der Waals surface area contributed by atoms with Gasteiger partial charge in [-0.05, 0) is 36.5 Å². The fourth-order valence-corrected chi connectivity index (χ4v) is 4.82. The van der Waals surface area contributed by atoms with Crippen LogP contribution in [0.1, 0.15) is 48.1 Å². The second-order valence-electron chi connectivity index (χ2n) is 9.37. The summed E-state index contributed by atoms with van der Waals surface area (Å²) in [4.78, 5) is 39.8. The monoisotopic (exact) mass is 533 g/mol. The van der Waals surface area contributed by atoms with Gasteiger partial charge in [0.2, 0.25) is 0 Å². The van der Waals surface area contributed by atoms with Crippen molar-refractivity contribution in [2.45, 2.75) is 51.3 Å². The van der Waals surface area contributed by atoms with Gasteiger partial charge >= 0.3 is 12.1 Å². The minimum atomic E-state index is -1.21. The fraction of sp³-hybridized carbons (Fsp3) is 0.393. The Morgan fingerprint density at radius 3 is 2.59 bits per heavy atom. The molecule has 206 valence electrons. The number of hydrogen-bond acceptors (Lipinski definition) is 9. The molecule has 0 spiro atoms. The van der Waals surface area contributed by atoms with E-state index in [1.807, 2.05) is 55.6 Å². The van der Waals surface area contributed by atoms with Crippen molar-refractivity contribution >= 4 is 23.7 Å². The van der Waals surface area contributed by atoms with Crippen LogP contribution in [-0.4, -0.2) is 57.8 Å². The number of ether oxygens (including phenoxy) is 1. The number of nitrogens with two attached hydrogens (primary N) is 1. The summed E-state index contributed by atoms with van der Waals surface area (Å²) in [5.74, 6) is 0.538. The summed E-state index contributed by atoms with van der Waals surface area (Å²) in [7, 11) is 0. The van der Waals surface area contributed by atoms with Gasteiger partial charge in [0.05, 0.1) is 0 Å². The Balaban J connectivity index is 1.37. The van der Waals surface area contributed by atoms with Crippen molar-refractivity contribution in [3.8, 4) is 0 Å². The predicted octanol–water partition coefficient (Wildman–Crippen LogP) is 3.07. The van der Waals surface area contributed by atoms with Crippen LogP contribution in [0.3, 0.4) is 0 Å². The third kappa shape index (κ3) is 7.20. The highest BCUT2D eigenvalue weighted by molar-refractivity contribution is 5.80. The lowest BCUT2D eigenvalue weighted by Gasteiger charge is -2.34. The zero-order valence-electron chi connectivity index (χ0n) is 22.0. The summed E-state index contributed by atoms with van der Waals surface area (Å²) >= 11 is 0. The molecule has 1 saturated heterocycles. The number of aromatic nitrogens is 3. The van der Waals surface area contributed by atoms with Crippen molar-refractivity contribution in [3.05, 3.63) is 77.4 Å². The molecule has 3 aromatic rings. The predicted molar refractivity (Wildman–Crippen MR) is 147 cm³/mol. The first-order valence-corrected chi connectivity index (χ1v) is 13.2. The second-order valence-corrected chi connectivity index (χ2v) is 9.37. The Morgan fingerprint density at radius 1 is 1.13 bits per heavy atom. The van der Waals surface area contributed by atoms with Gasteiger partial charge in [-0.15, -0.1) is 0 Å². The molecule has 1 aliphatic heterocycles. The van der Waals surface area contributed by atoms with Gasteiger partial charge in [-0.3, -0.25) is 4.98 Å². The highest BCUT2D eigenvalue weighted by atomic mass is 16.5. The maximum atomic E-state index is 12.2.